The second kappa shape index (κ2) is 6.97. The van der Waals surface area contributed by atoms with Gasteiger partial charge in [0, 0.05) is 10.2 Å². The van der Waals surface area contributed by atoms with Gasteiger partial charge in [-0.3, -0.25) is 4.79 Å². The van der Waals surface area contributed by atoms with Crippen LogP contribution in [0.2, 0.25) is 5.02 Å². The maximum absolute atomic E-state index is 11.2. The Morgan fingerprint density at radius 2 is 1.90 bits per heavy atom. The number of anilines is 1. The van der Waals surface area contributed by atoms with Crippen LogP contribution in [0.15, 0.2) is 46.9 Å². The highest BCUT2D eigenvalue weighted by atomic mass is 79.9. The number of benzene rings is 2. The van der Waals surface area contributed by atoms with Gasteiger partial charge in [-0.25, -0.2) is 0 Å². The van der Waals surface area contributed by atoms with Crippen LogP contribution in [-0.4, -0.2) is 11.8 Å². The third kappa shape index (κ3) is 4.13. The first kappa shape index (κ1) is 15.2. The van der Waals surface area contributed by atoms with Gasteiger partial charge in [0.15, 0.2) is 0 Å². The van der Waals surface area contributed by atoms with Crippen LogP contribution in [0.1, 0.15) is 0 Å². The molecule has 0 atom stereocenters. The summed E-state index contributed by atoms with van der Waals surface area (Å²) in [7, 11) is 0. The van der Waals surface area contributed by atoms with Crippen molar-refractivity contribution < 1.29 is 9.53 Å². The van der Waals surface area contributed by atoms with Crippen LogP contribution in [0.25, 0.3) is 0 Å². The molecular weight excluding hydrogens is 365 g/mol. The lowest BCUT2D eigenvalue weighted by Gasteiger charge is -2.09. The van der Waals surface area contributed by atoms with Crippen LogP contribution in [0.4, 0.5) is 5.69 Å². The topological polar surface area (TPSA) is 38.3 Å². The number of halogens is 3. The Kier molecular flexibility index (Phi) is 5.29. The molecule has 20 heavy (non-hydrogen) atoms. The molecule has 0 radical (unpaired) electrons. The molecule has 0 aliphatic carbocycles. The SMILES string of the molecule is O=C(CCl)Nc1ccc(Oc2ccc(Br)cc2)c(Cl)c1. The van der Waals surface area contributed by atoms with E-state index >= 15 is 0 Å². The molecule has 1 amide bonds. The van der Waals surface area contributed by atoms with E-state index in [1.54, 1.807) is 18.2 Å². The maximum Gasteiger partial charge on any atom is 0.239 e. The van der Waals surface area contributed by atoms with Gasteiger partial charge in [0.05, 0.1) is 5.02 Å². The first-order chi connectivity index (χ1) is 9.58. The van der Waals surface area contributed by atoms with E-state index in [1.165, 1.54) is 0 Å². The smallest absolute Gasteiger partial charge is 0.239 e. The van der Waals surface area contributed by atoms with Crippen molar-refractivity contribution in [2.75, 3.05) is 11.2 Å². The number of amides is 1. The van der Waals surface area contributed by atoms with Gasteiger partial charge < -0.3 is 10.1 Å². The second-order valence-electron chi connectivity index (χ2n) is 3.88. The molecule has 0 bridgehead atoms. The molecule has 3 nitrogen and oxygen atoms in total. The lowest BCUT2D eigenvalue weighted by atomic mass is 10.3. The van der Waals surface area contributed by atoms with Crippen LogP contribution in [0.5, 0.6) is 11.5 Å². The molecule has 1 N–H and O–H groups in total. The Labute approximate surface area is 135 Å². The van der Waals surface area contributed by atoms with Crippen molar-refractivity contribution in [3.8, 4) is 11.5 Å². The number of nitrogens with one attached hydrogen (secondary N) is 1. The van der Waals surface area contributed by atoms with E-state index < -0.39 is 0 Å². The van der Waals surface area contributed by atoms with Gasteiger partial charge in [0.2, 0.25) is 5.91 Å². The molecule has 2 aromatic rings. The number of carbonyl (C=O) groups excluding carboxylic acids is 1. The average molecular weight is 375 g/mol. The Morgan fingerprint density at radius 3 is 2.50 bits per heavy atom. The zero-order valence-electron chi connectivity index (χ0n) is 10.2. The minimum absolute atomic E-state index is 0.102. The lowest BCUT2D eigenvalue weighted by molar-refractivity contribution is -0.113. The summed E-state index contributed by atoms with van der Waals surface area (Å²) in [5.41, 5.74) is 0.573. The van der Waals surface area contributed by atoms with Crippen molar-refractivity contribution in [1.29, 1.82) is 0 Å². The summed E-state index contributed by atoms with van der Waals surface area (Å²) in [6.07, 6.45) is 0. The van der Waals surface area contributed by atoms with Crippen molar-refractivity contribution in [3.05, 3.63) is 52.0 Å². The van der Waals surface area contributed by atoms with Gasteiger partial charge in [-0.2, -0.15) is 0 Å². The van der Waals surface area contributed by atoms with E-state index in [2.05, 4.69) is 21.2 Å². The van der Waals surface area contributed by atoms with E-state index in [9.17, 15) is 4.79 Å². The molecule has 0 heterocycles. The summed E-state index contributed by atoms with van der Waals surface area (Å²) in [4.78, 5) is 11.2. The zero-order chi connectivity index (χ0) is 14.5. The van der Waals surface area contributed by atoms with Crippen molar-refractivity contribution in [2.45, 2.75) is 0 Å². The zero-order valence-corrected chi connectivity index (χ0v) is 13.3. The maximum atomic E-state index is 11.2. The monoisotopic (exact) mass is 373 g/mol. The summed E-state index contributed by atoms with van der Waals surface area (Å²) < 4.78 is 6.63. The van der Waals surface area contributed by atoms with Crippen molar-refractivity contribution in [2.24, 2.45) is 0 Å². The summed E-state index contributed by atoms with van der Waals surface area (Å²) >= 11 is 14.9. The molecule has 0 unspecified atom stereocenters. The number of hydrogen-bond donors (Lipinski definition) is 1. The summed E-state index contributed by atoms with van der Waals surface area (Å²) in [5.74, 6) is 0.796. The van der Waals surface area contributed by atoms with Crippen LogP contribution in [0, 0.1) is 0 Å². The quantitative estimate of drug-likeness (QED) is 0.758. The molecule has 0 fully saturated rings. The van der Waals surface area contributed by atoms with Gasteiger partial charge in [-0.1, -0.05) is 27.5 Å². The standard InChI is InChI=1S/C14H10BrCl2NO2/c15-9-1-4-11(5-2-9)20-13-6-3-10(7-12(13)17)18-14(19)8-16/h1-7H,8H2,(H,18,19). The first-order valence-corrected chi connectivity index (χ1v) is 7.38. The lowest BCUT2D eigenvalue weighted by Crippen LogP contribution is -2.12. The van der Waals surface area contributed by atoms with Crippen molar-refractivity contribution >= 4 is 50.7 Å². The minimum Gasteiger partial charge on any atom is -0.456 e. The number of rotatable bonds is 4. The fourth-order valence-electron chi connectivity index (χ4n) is 1.49. The van der Waals surface area contributed by atoms with Crippen molar-refractivity contribution in [1.82, 2.24) is 0 Å². The second-order valence-corrected chi connectivity index (χ2v) is 5.47. The molecule has 0 aromatic heterocycles. The predicted octanol–water partition coefficient (Wildman–Crippen LogP) is 5.07. The van der Waals surface area contributed by atoms with E-state index in [4.69, 9.17) is 27.9 Å². The third-order valence-electron chi connectivity index (χ3n) is 2.38. The molecule has 0 aliphatic heterocycles. The van der Waals surface area contributed by atoms with Gasteiger partial charge >= 0.3 is 0 Å². The van der Waals surface area contributed by atoms with E-state index in [0.717, 1.165) is 4.47 Å². The number of alkyl halides is 1. The highest BCUT2D eigenvalue weighted by Gasteiger charge is 2.06. The number of carbonyl (C=O) groups is 1. The van der Waals surface area contributed by atoms with Crippen LogP contribution in [0.3, 0.4) is 0 Å². The van der Waals surface area contributed by atoms with Gasteiger partial charge in [-0.15, -0.1) is 11.6 Å². The van der Waals surface area contributed by atoms with E-state index in [1.807, 2.05) is 24.3 Å². The van der Waals surface area contributed by atoms with Crippen LogP contribution in [-0.2, 0) is 4.79 Å². The molecule has 2 rings (SSSR count). The summed E-state index contributed by atoms with van der Waals surface area (Å²) in [6, 6.07) is 12.4. The first-order valence-electron chi connectivity index (χ1n) is 5.67. The minimum atomic E-state index is -0.288. The Balaban J connectivity index is 2.13. The highest BCUT2D eigenvalue weighted by molar-refractivity contribution is 9.10. The average Bonchev–Trinajstić information content (AvgIpc) is 2.44. The Hall–Kier alpha value is -1.23. The number of ether oxygens (including phenoxy) is 1. The van der Waals surface area contributed by atoms with Gasteiger partial charge in [0.25, 0.3) is 0 Å². The molecule has 0 saturated carbocycles. The number of hydrogen-bond acceptors (Lipinski definition) is 2. The van der Waals surface area contributed by atoms with Gasteiger partial charge in [-0.05, 0) is 42.5 Å². The molecule has 0 aliphatic rings. The molecule has 104 valence electrons. The van der Waals surface area contributed by atoms with Crippen LogP contribution < -0.4 is 10.1 Å². The third-order valence-corrected chi connectivity index (χ3v) is 3.45. The molecular formula is C14H10BrCl2NO2. The summed E-state index contributed by atoms with van der Waals surface area (Å²) in [6.45, 7) is 0. The molecule has 6 heteroatoms. The Bertz CT molecular complexity index is 617. The largest absolute Gasteiger partial charge is 0.456 e. The predicted molar refractivity (Wildman–Crippen MR) is 85.0 cm³/mol. The van der Waals surface area contributed by atoms with E-state index in [-0.39, 0.29) is 11.8 Å². The molecule has 0 saturated heterocycles. The fraction of sp³-hybridized carbons (Fsp3) is 0.0714. The highest BCUT2D eigenvalue weighted by Crippen LogP contribution is 2.32. The van der Waals surface area contributed by atoms with E-state index in [0.29, 0.717) is 22.2 Å². The Morgan fingerprint density at radius 1 is 1.20 bits per heavy atom. The van der Waals surface area contributed by atoms with Gasteiger partial charge in [0.1, 0.15) is 17.4 Å². The molecule has 2 aromatic carbocycles. The van der Waals surface area contributed by atoms with Crippen LogP contribution >= 0.6 is 39.1 Å². The summed E-state index contributed by atoms with van der Waals surface area (Å²) in [5, 5.41) is 3.02. The molecule has 0 spiro atoms. The fourth-order valence-corrected chi connectivity index (χ4v) is 2.04. The van der Waals surface area contributed by atoms with Crippen molar-refractivity contribution in [3.63, 3.8) is 0 Å². The normalized spacial score (nSPS) is 10.2.